The number of methoxy groups -OCH3 is 1. The van der Waals surface area contributed by atoms with Crippen molar-refractivity contribution in [1.82, 2.24) is 10.6 Å². The van der Waals surface area contributed by atoms with Gasteiger partial charge in [-0.2, -0.15) is 0 Å². The molecule has 2 N–H and O–H groups in total. The topological polar surface area (TPSA) is 50.4 Å². The molecule has 0 aromatic heterocycles. The summed E-state index contributed by atoms with van der Waals surface area (Å²) in [7, 11) is 1.53. The largest absolute Gasteiger partial charge is 0.496 e. The van der Waals surface area contributed by atoms with E-state index >= 15 is 0 Å². The Kier molecular flexibility index (Phi) is 5.95. The summed E-state index contributed by atoms with van der Waals surface area (Å²) < 4.78 is 5.13. The van der Waals surface area contributed by atoms with Gasteiger partial charge in [0, 0.05) is 24.2 Å². The molecule has 0 aliphatic heterocycles. The highest BCUT2D eigenvalue weighted by Gasteiger charge is 2.12. The standard InChI is InChI=1S/C13H19ClN2O2/c1-9(2)15-6-7-16-13(17)11-8-10(14)4-5-12(11)18-3/h4-5,8-9,15H,6-7H2,1-3H3,(H,16,17). The van der Waals surface area contributed by atoms with Crippen molar-refractivity contribution in [2.45, 2.75) is 19.9 Å². The first-order chi connectivity index (χ1) is 8.54. The summed E-state index contributed by atoms with van der Waals surface area (Å²) in [6.07, 6.45) is 0. The molecule has 0 radical (unpaired) electrons. The number of halogens is 1. The minimum Gasteiger partial charge on any atom is -0.496 e. The van der Waals surface area contributed by atoms with Gasteiger partial charge in [0.05, 0.1) is 12.7 Å². The molecule has 1 amide bonds. The molecular weight excluding hydrogens is 252 g/mol. The smallest absolute Gasteiger partial charge is 0.255 e. The monoisotopic (exact) mass is 270 g/mol. The Labute approximate surface area is 113 Å². The van der Waals surface area contributed by atoms with E-state index in [0.717, 1.165) is 6.54 Å². The summed E-state index contributed by atoms with van der Waals surface area (Å²) in [4.78, 5) is 11.9. The number of carbonyl (C=O) groups excluding carboxylic acids is 1. The molecule has 0 saturated heterocycles. The highest BCUT2D eigenvalue weighted by molar-refractivity contribution is 6.31. The third kappa shape index (κ3) is 4.55. The van der Waals surface area contributed by atoms with E-state index in [0.29, 0.717) is 28.9 Å². The average molecular weight is 271 g/mol. The van der Waals surface area contributed by atoms with Gasteiger partial charge in [0.25, 0.3) is 5.91 Å². The third-order valence-electron chi connectivity index (χ3n) is 2.37. The van der Waals surface area contributed by atoms with Crippen molar-refractivity contribution < 1.29 is 9.53 Å². The van der Waals surface area contributed by atoms with Gasteiger partial charge in [-0.3, -0.25) is 4.79 Å². The fourth-order valence-corrected chi connectivity index (χ4v) is 1.66. The molecule has 1 aromatic carbocycles. The van der Waals surface area contributed by atoms with Gasteiger partial charge >= 0.3 is 0 Å². The van der Waals surface area contributed by atoms with Crippen molar-refractivity contribution >= 4 is 17.5 Å². The quantitative estimate of drug-likeness (QED) is 0.778. The Bertz CT molecular complexity index is 408. The van der Waals surface area contributed by atoms with Gasteiger partial charge in [0.15, 0.2) is 0 Å². The summed E-state index contributed by atoms with van der Waals surface area (Å²) in [5.74, 6) is 0.341. The van der Waals surface area contributed by atoms with Crippen LogP contribution in [0.4, 0.5) is 0 Å². The summed E-state index contributed by atoms with van der Waals surface area (Å²) in [6.45, 7) is 5.41. The average Bonchev–Trinajstić information content (AvgIpc) is 2.34. The predicted molar refractivity (Wildman–Crippen MR) is 73.5 cm³/mol. The van der Waals surface area contributed by atoms with E-state index in [9.17, 15) is 4.79 Å². The Balaban J connectivity index is 2.58. The Morgan fingerprint density at radius 1 is 1.39 bits per heavy atom. The Hall–Kier alpha value is -1.26. The van der Waals surface area contributed by atoms with E-state index in [1.807, 2.05) is 0 Å². The lowest BCUT2D eigenvalue weighted by Gasteiger charge is -2.11. The minimum absolute atomic E-state index is 0.181. The summed E-state index contributed by atoms with van der Waals surface area (Å²) in [5.41, 5.74) is 0.453. The highest BCUT2D eigenvalue weighted by atomic mass is 35.5. The number of carbonyl (C=O) groups is 1. The number of hydrogen-bond acceptors (Lipinski definition) is 3. The van der Waals surface area contributed by atoms with Crippen molar-refractivity contribution in [3.05, 3.63) is 28.8 Å². The van der Waals surface area contributed by atoms with Crippen molar-refractivity contribution in [3.63, 3.8) is 0 Å². The van der Waals surface area contributed by atoms with Crippen molar-refractivity contribution in [1.29, 1.82) is 0 Å². The van der Waals surface area contributed by atoms with E-state index in [4.69, 9.17) is 16.3 Å². The van der Waals surface area contributed by atoms with Gasteiger partial charge < -0.3 is 15.4 Å². The van der Waals surface area contributed by atoms with E-state index in [1.165, 1.54) is 7.11 Å². The number of amides is 1. The van der Waals surface area contributed by atoms with Crippen LogP contribution in [0, 0.1) is 0 Å². The molecule has 0 unspecified atom stereocenters. The molecule has 0 aliphatic rings. The van der Waals surface area contributed by atoms with Gasteiger partial charge in [0.1, 0.15) is 5.75 Å². The van der Waals surface area contributed by atoms with Crippen LogP contribution < -0.4 is 15.4 Å². The van der Waals surface area contributed by atoms with Crippen molar-refractivity contribution in [2.75, 3.05) is 20.2 Å². The lowest BCUT2D eigenvalue weighted by molar-refractivity contribution is 0.0950. The van der Waals surface area contributed by atoms with Gasteiger partial charge in [0.2, 0.25) is 0 Å². The van der Waals surface area contributed by atoms with E-state index in [2.05, 4.69) is 24.5 Å². The van der Waals surface area contributed by atoms with Gasteiger partial charge in [-0.25, -0.2) is 0 Å². The van der Waals surface area contributed by atoms with Crippen LogP contribution in [0.3, 0.4) is 0 Å². The molecular formula is C13H19ClN2O2. The molecule has 0 heterocycles. The minimum atomic E-state index is -0.181. The molecule has 0 spiro atoms. The lowest BCUT2D eigenvalue weighted by atomic mass is 10.2. The lowest BCUT2D eigenvalue weighted by Crippen LogP contribution is -2.34. The zero-order valence-electron chi connectivity index (χ0n) is 10.9. The second-order valence-corrected chi connectivity index (χ2v) is 4.65. The summed E-state index contributed by atoms with van der Waals surface area (Å²) in [6, 6.07) is 5.38. The number of nitrogens with one attached hydrogen (secondary N) is 2. The van der Waals surface area contributed by atoms with E-state index < -0.39 is 0 Å². The van der Waals surface area contributed by atoms with Crippen LogP contribution in [0.15, 0.2) is 18.2 Å². The first-order valence-corrected chi connectivity index (χ1v) is 6.27. The zero-order valence-corrected chi connectivity index (χ0v) is 11.7. The van der Waals surface area contributed by atoms with Gasteiger partial charge in [-0.15, -0.1) is 0 Å². The SMILES string of the molecule is COc1ccc(Cl)cc1C(=O)NCCNC(C)C. The van der Waals surface area contributed by atoms with Crippen LogP contribution in [0.25, 0.3) is 0 Å². The van der Waals surface area contributed by atoms with Crippen LogP contribution >= 0.6 is 11.6 Å². The highest BCUT2D eigenvalue weighted by Crippen LogP contribution is 2.22. The normalized spacial score (nSPS) is 10.5. The number of rotatable bonds is 6. The first-order valence-electron chi connectivity index (χ1n) is 5.89. The molecule has 100 valence electrons. The summed E-state index contributed by atoms with van der Waals surface area (Å²) >= 11 is 5.87. The number of hydrogen-bond donors (Lipinski definition) is 2. The fraction of sp³-hybridized carbons (Fsp3) is 0.462. The maximum atomic E-state index is 11.9. The molecule has 0 saturated carbocycles. The molecule has 4 nitrogen and oxygen atoms in total. The Morgan fingerprint density at radius 3 is 2.72 bits per heavy atom. The zero-order chi connectivity index (χ0) is 13.5. The number of benzene rings is 1. The van der Waals surface area contributed by atoms with Gasteiger partial charge in [-0.05, 0) is 18.2 Å². The molecule has 0 fully saturated rings. The van der Waals surface area contributed by atoms with Crippen LogP contribution in [-0.2, 0) is 0 Å². The van der Waals surface area contributed by atoms with Gasteiger partial charge in [-0.1, -0.05) is 25.4 Å². The van der Waals surface area contributed by atoms with Crippen LogP contribution in [0.2, 0.25) is 5.02 Å². The fourth-order valence-electron chi connectivity index (χ4n) is 1.49. The Morgan fingerprint density at radius 2 is 2.11 bits per heavy atom. The van der Waals surface area contributed by atoms with Crippen LogP contribution in [0.5, 0.6) is 5.75 Å². The van der Waals surface area contributed by atoms with Crippen LogP contribution in [0.1, 0.15) is 24.2 Å². The molecule has 0 atom stereocenters. The van der Waals surface area contributed by atoms with Crippen molar-refractivity contribution in [3.8, 4) is 5.75 Å². The molecule has 5 heteroatoms. The molecule has 0 bridgehead atoms. The maximum Gasteiger partial charge on any atom is 0.255 e. The molecule has 0 aliphatic carbocycles. The van der Waals surface area contributed by atoms with Crippen molar-refractivity contribution in [2.24, 2.45) is 0 Å². The molecule has 1 aromatic rings. The second-order valence-electron chi connectivity index (χ2n) is 4.21. The second kappa shape index (κ2) is 7.24. The third-order valence-corrected chi connectivity index (χ3v) is 2.60. The van der Waals surface area contributed by atoms with E-state index in [1.54, 1.807) is 18.2 Å². The van der Waals surface area contributed by atoms with E-state index in [-0.39, 0.29) is 5.91 Å². The molecule has 18 heavy (non-hydrogen) atoms. The number of ether oxygens (including phenoxy) is 1. The van der Waals surface area contributed by atoms with Crippen LogP contribution in [-0.4, -0.2) is 32.1 Å². The molecule has 1 rings (SSSR count). The predicted octanol–water partition coefficient (Wildman–Crippen LogP) is 2.08. The first kappa shape index (κ1) is 14.8. The maximum absolute atomic E-state index is 11.9. The summed E-state index contributed by atoms with van der Waals surface area (Å²) in [5, 5.41) is 6.55.